The third kappa shape index (κ3) is 3.59. The molecule has 0 aliphatic carbocycles. The molecule has 3 heteroatoms. The first-order valence-corrected chi connectivity index (χ1v) is 5.69. The van der Waals surface area contributed by atoms with Crippen molar-refractivity contribution in [2.45, 2.75) is 32.3 Å². The Balaban J connectivity index is 1.97. The van der Waals surface area contributed by atoms with E-state index < -0.39 is 0 Å². The van der Waals surface area contributed by atoms with E-state index >= 15 is 0 Å². The van der Waals surface area contributed by atoms with E-state index in [1.807, 2.05) is 6.92 Å². The highest BCUT2D eigenvalue weighted by atomic mass is 32.2. The van der Waals surface area contributed by atoms with Crippen LogP contribution in [0.25, 0.3) is 0 Å². The summed E-state index contributed by atoms with van der Waals surface area (Å²) in [6.45, 7) is 2.82. The van der Waals surface area contributed by atoms with Gasteiger partial charge in [0, 0.05) is 18.8 Å². The van der Waals surface area contributed by atoms with E-state index in [-0.39, 0.29) is 0 Å². The Labute approximate surface area is 78.1 Å². The van der Waals surface area contributed by atoms with Crippen LogP contribution >= 0.6 is 11.8 Å². The van der Waals surface area contributed by atoms with Crippen molar-refractivity contribution < 1.29 is 9.53 Å². The lowest BCUT2D eigenvalue weighted by Gasteiger charge is -2.07. The highest BCUT2D eigenvalue weighted by Crippen LogP contribution is 2.17. The van der Waals surface area contributed by atoms with Crippen LogP contribution in [0.2, 0.25) is 0 Å². The van der Waals surface area contributed by atoms with Gasteiger partial charge in [-0.15, -0.1) is 0 Å². The molecule has 1 rings (SSSR count). The van der Waals surface area contributed by atoms with Crippen LogP contribution in [0.4, 0.5) is 0 Å². The molecular weight excluding hydrogens is 172 g/mol. The smallest absolute Gasteiger partial charge is 0.142 e. The van der Waals surface area contributed by atoms with Crippen LogP contribution in [0, 0.1) is 0 Å². The van der Waals surface area contributed by atoms with Crippen molar-refractivity contribution in [2.24, 2.45) is 0 Å². The minimum absolute atomic E-state index is 0.345. The van der Waals surface area contributed by atoms with Gasteiger partial charge in [0.1, 0.15) is 5.78 Å². The average molecular weight is 188 g/mol. The fourth-order valence-electron chi connectivity index (χ4n) is 1.18. The maximum absolute atomic E-state index is 10.9. The predicted molar refractivity (Wildman–Crippen MR) is 51.6 cm³/mol. The number of ether oxygens (including phenoxy) is 1. The number of rotatable bonds is 5. The third-order valence-electron chi connectivity index (χ3n) is 1.99. The lowest BCUT2D eigenvalue weighted by Crippen LogP contribution is -2.10. The fourth-order valence-corrected chi connectivity index (χ4v) is 2.26. The monoisotopic (exact) mass is 188 g/mol. The van der Waals surface area contributed by atoms with Gasteiger partial charge in [-0.2, -0.15) is 11.8 Å². The second kappa shape index (κ2) is 5.60. The number of ketones is 1. The summed E-state index contributed by atoms with van der Waals surface area (Å²) in [6.07, 6.45) is 3.44. The molecule has 0 saturated carbocycles. The van der Waals surface area contributed by atoms with Crippen LogP contribution in [-0.2, 0) is 9.53 Å². The van der Waals surface area contributed by atoms with Crippen LogP contribution in [0.3, 0.4) is 0 Å². The SMILES string of the molecule is CCC(=O)CSCC1CCCO1. The van der Waals surface area contributed by atoms with E-state index in [2.05, 4.69) is 0 Å². The molecule has 12 heavy (non-hydrogen) atoms. The van der Waals surface area contributed by atoms with Crippen molar-refractivity contribution in [1.29, 1.82) is 0 Å². The zero-order valence-corrected chi connectivity index (χ0v) is 8.36. The molecule has 1 saturated heterocycles. The molecule has 1 fully saturated rings. The Morgan fingerprint density at radius 3 is 3.08 bits per heavy atom. The number of hydrogen-bond acceptors (Lipinski definition) is 3. The maximum atomic E-state index is 10.9. The Morgan fingerprint density at radius 2 is 2.50 bits per heavy atom. The Kier molecular flexibility index (Phi) is 4.69. The van der Waals surface area contributed by atoms with E-state index in [1.165, 1.54) is 12.8 Å². The zero-order chi connectivity index (χ0) is 8.81. The van der Waals surface area contributed by atoms with Gasteiger partial charge < -0.3 is 4.74 Å². The lowest BCUT2D eigenvalue weighted by atomic mass is 10.3. The molecule has 2 nitrogen and oxygen atoms in total. The quantitative estimate of drug-likeness (QED) is 0.659. The summed E-state index contributed by atoms with van der Waals surface area (Å²) in [5.41, 5.74) is 0. The van der Waals surface area contributed by atoms with E-state index in [4.69, 9.17) is 4.74 Å². The largest absolute Gasteiger partial charge is 0.377 e. The maximum Gasteiger partial charge on any atom is 0.142 e. The zero-order valence-electron chi connectivity index (χ0n) is 7.54. The summed E-state index contributed by atoms with van der Waals surface area (Å²) >= 11 is 1.71. The summed E-state index contributed by atoms with van der Waals surface area (Å²) in [5.74, 6) is 2.00. The number of thioether (sulfide) groups is 1. The van der Waals surface area contributed by atoms with Gasteiger partial charge in [-0.25, -0.2) is 0 Å². The molecule has 1 atom stereocenters. The lowest BCUT2D eigenvalue weighted by molar-refractivity contribution is -0.116. The molecule has 1 aliphatic rings. The first-order valence-electron chi connectivity index (χ1n) is 4.54. The normalized spacial score (nSPS) is 22.9. The standard InChI is InChI=1S/C9H16O2S/c1-2-8(10)6-12-7-9-4-3-5-11-9/h9H,2-7H2,1H3. The molecule has 0 bridgehead atoms. The molecule has 0 aromatic carbocycles. The van der Waals surface area contributed by atoms with Crippen LogP contribution in [0.1, 0.15) is 26.2 Å². The molecule has 0 spiro atoms. The summed E-state index contributed by atoms with van der Waals surface area (Å²) in [6, 6.07) is 0. The molecule has 0 aromatic heterocycles. The molecular formula is C9H16O2S. The number of carbonyl (C=O) groups is 1. The third-order valence-corrected chi connectivity index (χ3v) is 3.12. The van der Waals surface area contributed by atoms with Crippen molar-refractivity contribution in [3.05, 3.63) is 0 Å². The first-order chi connectivity index (χ1) is 5.83. The number of Topliss-reactive ketones (excluding diaryl/α,β-unsaturated/α-hetero) is 1. The van der Waals surface area contributed by atoms with Gasteiger partial charge in [-0.1, -0.05) is 6.92 Å². The molecule has 70 valence electrons. The molecule has 0 N–H and O–H groups in total. The summed E-state index contributed by atoms with van der Waals surface area (Å²) in [7, 11) is 0. The Bertz CT molecular complexity index is 141. The number of carbonyl (C=O) groups excluding carboxylic acids is 1. The molecule has 0 amide bonds. The van der Waals surface area contributed by atoms with Gasteiger partial charge in [0.05, 0.1) is 11.9 Å². The van der Waals surface area contributed by atoms with Gasteiger partial charge >= 0.3 is 0 Å². The summed E-state index contributed by atoms with van der Waals surface area (Å²) in [5, 5.41) is 0. The number of hydrogen-bond donors (Lipinski definition) is 0. The minimum Gasteiger partial charge on any atom is -0.377 e. The molecule has 1 heterocycles. The van der Waals surface area contributed by atoms with Crippen molar-refractivity contribution in [1.82, 2.24) is 0 Å². The van der Waals surface area contributed by atoms with Gasteiger partial charge in [0.2, 0.25) is 0 Å². The van der Waals surface area contributed by atoms with E-state index in [0.717, 1.165) is 12.4 Å². The summed E-state index contributed by atoms with van der Waals surface area (Å²) < 4.78 is 5.44. The van der Waals surface area contributed by atoms with Crippen LogP contribution in [-0.4, -0.2) is 30.0 Å². The molecule has 1 aliphatic heterocycles. The molecule has 0 aromatic rings. The average Bonchev–Trinajstić information content (AvgIpc) is 2.57. The van der Waals surface area contributed by atoms with Gasteiger partial charge in [-0.05, 0) is 12.8 Å². The van der Waals surface area contributed by atoms with E-state index in [1.54, 1.807) is 11.8 Å². The fraction of sp³-hybridized carbons (Fsp3) is 0.889. The molecule has 1 unspecified atom stereocenters. The van der Waals surface area contributed by atoms with Gasteiger partial charge in [0.15, 0.2) is 0 Å². The van der Waals surface area contributed by atoms with Gasteiger partial charge in [0.25, 0.3) is 0 Å². The van der Waals surface area contributed by atoms with Crippen molar-refractivity contribution >= 4 is 17.5 Å². The predicted octanol–water partition coefficient (Wildman–Crippen LogP) is 1.88. The van der Waals surface area contributed by atoms with Gasteiger partial charge in [-0.3, -0.25) is 4.79 Å². The Morgan fingerprint density at radius 1 is 1.67 bits per heavy atom. The van der Waals surface area contributed by atoms with Crippen LogP contribution < -0.4 is 0 Å². The highest BCUT2D eigenvalue weighted by molar-refractivity contribution is 8.00. The summed E-state index contributed by atoms with van der Waals surface area (Å²) in [4.78, 5) is 10.9. The minimum atomic E-state index is 0.345. The van der Waals surface area contributed by atoms with Crippen LogP contribution in [0.5, 0.6) is 0 Å². The van der Waals surface area contributed by atoms with Crippen molar-refractivity contribution in [2.75, 3.05) is 18.1 Å². The molecule has 0 radical (unpaired) electrons. The topological polar surface area (TPSA) is 26.3 Å². The van der Waals surface area contributed by atoms with E-state index in [9.17, 15) is 4.79 Å². The van der Waals surface area contributed by atoms with Crippen LogP contribution in [0.15, 0.2) is 0 Å². The first kappa shape index (κ1) is 10.1. The van der Waals surface area contributed by atoms with Crippen molar-refractivity contribution in [3.63, 3.8) is 0 Å². The van der Waals surface area contributed by atoms with Crippen molar-refractivity contribution in [3.8, 4) is 0 Å². The highest BCUT2D eigenvalue weighted by Gasteiger charge is 2.15. The Hall–Kier alpha value is -0.0200. The van der Waals surface area contributed by atoms with E-state index in [0.29, 0.717) is 24.1 Å². The second-order valence-corrected chi connectivity index (χ2v) is 4.07. The second-order valence-electron chi connectivity index (χ2n) is 3.04.